The van der Waals surface area contributed by atoms with Crippen LogP contribution in [0.4, 0.5) is 0 Å². The molecule has 1 aliphatic rings. The van der Waals surface area contributed by atoms with Crippen molar-refractivity contribution in [1.29, 1.82) is 0 Å². The minimum Gasteiger partial charge on any atom is -0.352 e. The lowest BCUT2D eigenvalue weighted by atomic mass is 10.1. The minimum atomic E-state index is -0.495. The van der Waals surface area contributed by atoms with Gasteiger partial charge in [0.1, 0.15) is 11.7 Å². The van der Waals surface area contributed by atoms with Gasteiger partial charge in [-0.05, 0) is 31.5 Å². The van der Waals surface area contributed by atoms with Crippen LogP contribution in [0.1, 0.15) is 29.9 Å². The topological polar surface area (TPSA) is 54.3 Å². The van der Waals surface area contributed by atoms with Gasteiger partial charge in [-0.3, -0.25) is 9.59 Å². The number of fused-ring (bicyclic) bond motifs is 1. The first-order chi connectivity index (χ1) is 11.1. The average Bonchev–Trinajstić information content (AvgIpc) is 2.99. The van der Waals surface area contributed by atoms with Gasteiger partial charge in [0.25, 0.3) is 5.91 Å². The molecule has 5 heteroatoms. The largest absolute Gasteiger partial charge is 0.352 e. The Hall–Kier alpha value is -2.56. The molecule has 0 fully saturated rings. The van der Waals surface area contributed by atoms with Crippen LogP contribution < -0.4 is 5.32 Å². The molecule has 2 aromatic rings. The third-order valence-electron chi connectivity index (χ3n) is 3.98. The SMILES string of the molecule is CC(C)NC(=O)C1Cn2cccc2C(=O)N1Cc1ccccc1. The number of amides is 2. The Labute approximate surface area is 135 Å². The van der Waals surface area contributed by atoms with Gasteiger partial charge in [0.05, 0.1) is 6.54 Å². The maximum absolute atomic E-state index is 12.8. The number of carbonyl (C=O) groups is 2. The maximum atomic E-state index is 12.8. The molecule has 120 valence electrons. The fourth-order valence-electron chi connectivity index (χ4n) is 2.91. The van der Waals surface area contributed by atoms with Gasteiger partial charge in [0.2, 0.25) is 5.91 Å². The lowest BCUT2D eigenvalue weighted by Gasteiger charge is -2.36. The summed E-state index contributed by atoms with van der Waals surface area (Å²) in [7, 11) is 0. The fourth-order valence-corrected chi connectivity index (χ4v) is 2.91. The van der Waals surface area contributed by atoms with E-state index in [1.807, 2.05) is 61.0 Å². The molecule has 1 aromatic carbocycles. The van der Waals surface area contributed by atoms with Crippen molar-refractivity contribution in [3.8, 4) is 0 Å². The average molecular weight is 311 g/mol. The Bertz CT molecular complexity index is 706. The van der Waals surface area contributed by atoms with Gasteiger partial charge in [-0.25, -0.2) is 0 Å². The summed E-state index contributed by atoms with van der Waals surface area (Å²) in [4.78, 5) is 27.0. The van der Waals surface area contributed by atoms with E-state index in [9.17, 15) is 9.59 Å². The van der Waals surface area contributed by atoms with E-state index in [-0.39, 0.29) is 17.9 Å². The van der Waals surface area contributed by atoms with Crippen LogP contribution in [0.5, 0.6) is 0 Å². The first kappa shape index (κ1) is 15.3. The second-order valence-corrected chi connectivity index (χ2v) is 6.14. The van der Waals surface area contributed by atoms with Crippen molar-refractivity contribution in [1.82, 2.24) is 14.8 Å². The summed E-state index contributed by atoms with van der Waals surface area (Å²) < 4.78 is 1.86. The van der Waals surface area contributed by atoms with Gasteiger partial charge in [-0.1, -0.05) is 30.3 Å². The highest BCUT2D eigenvalue weighted by molar-refractivity contribution is 5.97. The Morgan fingerprint density at radius 3 is 2.65 bits per heavy atom. The molecule has 0 radical (unpaired) electrons. The second-order valence-electron chi connectivity index (χ2n) is 6.14. The predicted molar refractivity (Wildman–Crippen MR) is 87.8 cm³/mol. The molecule has 0 saturated carbocycles. The number of hydrogen-bond acceptors (Lipinski definition) is 2. The highest BCUT2D eigenvalue weighted by atomic mass is 16.2. The molecule has 1 N–H and O–H groups in total. The summed E-state index contributed by atoms with van der Waals surface area (Å²) in [5, 5.41) is 2.93. The van der Waals surface area contributed by atoms with Crippen LogP contribution in [-0.2, 0) is 17.9 Å². The molecule has 0 spiro atoms. The van der Waals surface area contributed by atoms with Crippen LogP contribution in [-0.4, -0.2) is 33.4 Å². The summed E-state index contributed by atoms with van der Waals surface area (Å²) in [6, 6.07) is 13.0. The Balaban J connectivity index is 1.91. The van der Waals surface area contributed by atoms with E-state index in [4.69, 9.17) is 0 Å². The van der Waals surface area contributed by atoms with E-state index in [1.54, 1.807) is 11.0 Å². The Morgan fingerprint density at radius 1 is 1.22 bits per heavy atom. The normalized spacial score (nSPS) is 17.3. The third kappa shape index (κ3) is 3.13. The van der Waals surface area contributed by atoms with Crippen molar-refractivity contribution in [3.63, 3.8) is 0 Å². The molecule has 0 bridgehead atoms. The van der Waals surface area contributed by atoms with Crippen LogP contribution in [0.2, 0.25) is 0 Å². The predicted octanol–water partition coefficient (Wildman–Crippen LogP) is 2.04. The molecule has 1 unspecified atom stereocenters. The van der Waals surface area contributed by atoms with E-state index in [1.165, 1.54) is 0 Å². The van der Waals surface area contributed by atoms with Crippen molar-refractivity contribution in [2.75, 3.05) is 0 Å². The molecule has 23 heavy (non-hydrogen) atoms. The zero-order valence-corrected chi connectivity index (χ0v) is 13.4. The maximum Gasteiger partial charge on any atom is 0.271 e. The number of hydrogen-bond donors (Lipinski definition) is 1. The van der Waals surface area contributed by atoms with Crippen LogP contribution in [0.3, 0.4) is 0 Å². The number of rotatable bonds is 4. The monoisotopic (exact) mass is 311 g/mol. The van der Waals surface area contributed by atoms with Gasteiger partial charge < -0.3 is 14.8 Å². The molecule has 1 aliphatic heterocycles. The Morgan fingerprint density at radius 2 is 1.96 bits per heavy atom. The highest BCUT2D eigenvalue weighted by Crippen LogP contribution is 2.21. The molecule has 1 atom stereocenters. The number of aromatic nitrogens is 1. The van der Waals surface area contributed by atoms with Crippen LogP contribution in [0.25, 0.3) is 0 Å². The summed E-state index contributed by atoms with van der Waals surface area (Å²) >= 11 is 0. The molecule has 0 saturated heterocycles. The van der Waals surface area contributed by atoms with E-state index in [0.29, 0.717) is 18.8 Å². The van der Waals surface area contributed by atoms with Crippen molar-refractivity contribution < 1.29 is 9.59 Å². The summed E-state index contributed by atoms with van der Waals surface area (Å²) in [5.74, 6) is -0.211. The van der Waals surface area contributed by atoms with Gasteiger partial charge in [0.15, 0.2) is 0 Å². The van der Waals surface area contributed by atoms with E-state index in [0.717, 1.165) is 5.56 Å². The fraction of sp³-hybridized carbons (Fsp3) is 0.333. The van der Waals surface area contributed by atoms with Crippen LogP contribution in [0, 0.1) is 0 Å². The molecule has 2 amide bonds. The first-order valence-electron chi connectivity index (χ1n) is 7.86. The van der Waals surface area contributed by atoms with E-state index < -0.39 is 6.04 Å². The van der Waals surface area contributed by atoms with Crippen LogP contribution >= 0.6 is 0 Å². The molecule has 5 nitrogen and oxygen atoms in total. The molecular formula is C18H21N3O2. The van der Waals surface area contributed by atoms with Gasteiger partial charge in [-0.15, -0.1) is 0 Å². The van der Waals surface area contributed by atoms with Crippen molar-refractivity contribution in [3.05, 3.63) is 59.9 Å². The number of nitrogens with one attached hydrogen (secondary N) is 1. The van der Waals surface area contributed by atoms with E-state index in [2.05, 4.69) is 5.32 Å². The smallest absolute Gasteiger partial charge is 0.271 e. The van der Waals surface area contributed by atoms with E-state index >= 15 is 0 Å². The van der Waals surface area contributed by atoms with Gasteiger partial charge in [0, 0.05) is 18.8 Å². The molecule has 1 aromatic heterocycles. The Kier molecular flexibility index (Phi) is 4.19. The van der Waals surface area contributed by atoms with Crippen LogP contribution in [0.15, 0.2) is 48.7 Å². The minimum absolute atomic E-state index is 0.0437. The van der Waals surface area contributed by atoms with Crippen molar-refractivity contribution >= 4 is 11.8 Å². The lowest BCUT2D eigenvalue weighted by Crippen LogP contribution is -2.55. The highest BCUT2D eigenvalue weighted by Gasteiger charge is 2.36. The van der Waals surface area contributed by atoms with Gasteiger partial charge >= 0.3 is 0 Å². The lowest BCUT2D eigenvalue weighted by molar-refractivity contribution is -0.127. The first-order valence-corrected chi connectivity index (χ1v) is 7.86. The third-order valence-corrected chi connectivity index (χ3v) is 3.98. The van der Waals surface area contributed by atoms with Gasteiger partial charge in [-0.2, -0.15) is 0 Å². The number of carbonyl (C=O) groups excluding carboxylic acids is 2. The number of nitrogens with zero attached hydrogens (tertiary/aromatic N) is 2. The van der Waals surface area contributed by atoms with Crippen molar-refractivity contribution in [2.45, 2.75) is 39.0 Å². The quantitative estimate of drug-likeness (QED) is 0.939. The molecule has 2 heterocycles. The zero-order valence-electron chi connectivity index (χ0n) is 13.4. The van der Waals surface area contributed by atoms with Crippen molar-refractivity contribution in [2.24, 2.45) is 0 Å². The molecule has 3 rings (SSSR count). The number of benzene rings is 1. The summed E-state index contributed by atoms with van der Waals surface area (Å²) in [6.45, 7) is 4.76. The molecular weight excluding hydrogens is 290 g/mol. The summed E-state index contributed by atoms with van der Waals surface area (Å²) in [5.41, 5.74) is 1.65. The second kappa shape index (κ2) is 6.28. The summed E-state index contributed by atoms with van der Waals surface area (Å²) in [6.07, 6.45) is 1.85. The standard InChI is InChI=1S/C18H21N3O2/c1-13(2)19-17(22)16-12-20-10-6-9-15(20)18(23)21(16)11-14-7-4-3-5-8-14/h3-10,13,16H,11-12H2,1-2H3,(H,19,22). The zero-order chi connectivity index (χ0) is 16.4. The molecule has 0 aliphatic carbocycles.